The summed E-state index contributed by atoms with van der Waals surface area (Å²) >= 11 is 0. The molecule has 2 aromatic rings. The average molecular weight is 227 g/mol. The summed E-state index contributed by atoms with van der Waals surface area (Å²) in [5.41, 5.74) is 0.576. The minimum atomic E-state index is 0.576. The summed E-state index contributed by atoms with van der Waals surface area (Å²) in [4.78, 5) is 4.13. The van der Waals surface area contributed by atoms with Gasteiger partial charge >= 0.3 is 0 Å². The van der Waals surface area contributed by atoms with Gasteiger partial charge in [-0.3, -0.25) is 4.68 Å². The lowest BCUT2D eigenvalue weighted by Gasteiger charge is -2.06. The number of nitriles is 1. The first-order valence-corrected chi connectivity index (χ1v) is 5.46. The van der Waals surface area contributed by atoms with E-state index in [4.69, 9.17) is 5.26 Å². The molecule has 0 amide bonds. The highest BCUT2D eigenvalue weighted by Crippen LogP contribution is 2.09. The normalized spacial score (nSPS) is 9.82. The number of rotatable bonds is 5. The number of aryl methyl sites for hydroxylation is 1. The highest BCUT2D eigenvalue weighted by molar-refractivity contribution is 5.50. The van der Waals surface area contributed by atoms with E-state index in [-0.39, 0.29) is 0 Å². The minimum Gasteiger partial charge on any atom is -0.369 e. The topological polar surface area (TPSA) is 66.5 Å². The van der Waals surface area contributed by atoms with Gasteiger partial charge in [-0.15, -0.1) is 0 Å². The van der Waals surface area contributed by atoms with Crippen molar-refractivity contribution in [2.24, 2.45) is 0 Å². The molecule has 5 heteroatoms. The summed E-state index contributed by atoms with van der Waals surface area (Å²) in [5, 5.41) is 16.1. The predicted molar refractivity (Wildman–Crippen MR) is 64.3 cm³/mol. The molecule has 0 spiro atoms. The number of nitrogens with zero attached hydrogens (tertiary/aromatic N) is 4. The van der Waals surface area contributed by atoms with Gasteiger partial charge in [-0.25, -0.2) is 4.98 Å². The average Bonchev–Trinajstić information content (AvgIpc) is 2.88. The van der Waals surface area contributed by atoms with Crippen LogP contribution >= 0.6 is 0 Å². The smallest absolute Gasteiger partial charge is 0.143 e. The van der Waals surface area contributed by atoms with E-state index in [2.05, 4.69) is 21.5 Å². The Bertz CT molecular complexity index is 498. The van der Waals surface area contributed by atoms with Gasteiger partial charge in [-0.2, -0.15) is 10.4 Å². The third-order valence-electron chi connectivity index (χ3n) is 2.34. The van der Waals surface area contributed by atoms with Crippen molar-refractivity contribution in [1.82, 2.24) is 14.8 Å². The van der Waals surface area contributed by atoms with E-state index >= 15 is 0 Å². The van der Waals surface area contributed by atoms with Gasteiger partial charge < -0.3 is 5.32 Å². The third kappa shape index (κ3) is 3.05. The van der Waals surface area contributed by atoms with Crippen LogP contribution in [0.4, 0.5) is 5.82 Å². The number of anilines is 1. The Labute approximate surface area is 99.7 Å². The molecule has 2 rings (SSSR count). The molecule has 86 valence electrons. The fourth-order valence-corrected chi connectivity index (χ4v) is 1.52. The summed E-state index contributed by atoms with van der Waals surface area (Å²) in [6, 6.07) is 7.52. The van der Waals surface area contributed by atoms with E-state index in [0.29, 0.717) is 11.4 Å². The third-order valence-corrected chi connectivity index (χ3v) is 2.34. The lowest BCUT2D eigenvalue weighted by molar-refractivity contribution is 0.591. The standard InChI is InChI=1S/C12H13N5/c13-10-11-4-1-5-14-12(11)15-6-2-8-17-9-3-7-16-17/h1,3-5,7,9H,2,6,8H2,(H,14,15). The zero-order chi connectivity index (χ0) is 11.9. The van der Waals surface area contributed by atoms with Gasteiger partial charge in [0.05, 0.1) is 5.56 Å². The van der Waals surface area contributed by atoms with Crippen molar-refractivity contribution in [2.75, 3.05) is 11.9 Å². The van der Waals surface area contributed by atoms with Crippen LogP contribution in [0.3, 0.4) is 0 Å². The van der Waals surface area contributed by atoms with Crippen molar-refractivity contribution >= 4 is 5.82 Å². The lowest BCUT2D eigenvalue weighted by Crippen LogP contribution is -2.08. The molecule has 0 unspecified atom stereocenters. The van der Waals surface area contributed by atoms with Gasteiger partial charge in [0.15, 0.2) is 0 Å². The van der Waals surface area contributed by atoms with Crippen molar-refractivity contribution < 1.29 is 0 Å². The maximum Gasteiger partial charge on any atom is 0.143 e. The molecule has 1 N–H and O–H groups in total. The molecule has 2 heterocycles. The molecule has 0 atom stereocenters. The molecule has 17 heavy (non-hydrogen) atoms. The van der Waals surface area contributed by atoms with E-state index in [1.165, 1.54) is 0 Å². The van der Waals surface area contributed by atoms with Crippen LogP contribution in [-0.2, 0) is 6.54 Å². The quantitative estimate of drug-likeness (QED) is 0.789. The van der Waals surface area contributed by atoms with Crippen molar-refractivity contribution in [2.45, 2.75) is 13.0 Å². The molecular formula is C12H13N5. The summed E-state index contributed by atoms with van der Waals surface area (Å²) < 4.78 is 1.88. The first kappa shape index (κ1) is 11.1. The Hall–Kier alpha value is -2.35. The van der Waals surface area contributed by atoms with Crippen LogP contribution in [0.15, 0.2) is 36.8 Å². The second-order valence-electron chi connectivity index (χ2n) is 3.56. The monoisotopic (exact) mass is 227 g/mol. The molecule has 2 aromatic heterocycles. The summed E-state index contributed by atoms with van der Waals surface area (Å²) in [5.74, 6) is 0.649. The van der Waals surface area contributed by atoms with Crippen molar-refractivity contribution in [3.63, 3.8) is 0 Å². The largest absolute Gasteiger partial charge is 0.369 e. The molecule has 5 nitrogen and oxygen atoms in total. The maximum atomic E-state index is 8.88. The zero-order valence-electron chi connectivity index (χ0n) is 9.37. The van der Waals surface area contributed by atoms with Gasteiger partial charge in [0.2, 0.25) is 0 Å². The molecule has 0 saturated heterocycles. The molecule has 0 aliphatic rings. The fraction of sp³-hybridized carbons (Fsp3) is 0.250. The second kappa shape index (κ2) is 5.66. The molecular weight excluding hydrogens is 214 g/mol. The van der Waals surface area contributed by atoms with Gasteiger partial charge in [0.1, 0.15) is 11.9 Å². The molecule has 0 aliphatic carbocycles. The number of aromatic nitrogens is 3. The molecule has 0 aromatic carbocycles. The molecule has 0 saturated carbocycles. The highest BCUT2D eigenvalue weighted by Gasteiger charge is 2.00. The summed E-state index contributed by atoms with van der Waals surface area (Å²) in [6.07, 6.45) is 6.31. The number of pyridine rings is 1. The maximum absolute atomic E-state index is 8.88. The van der Waals surface area contributed by atoms with Crippen LogP contribution in [0.25, 0.3) is 0 Å². The molecule has 0 aliphatic heterocycles. The van der Waals surface area contributed by atoms with Gasteiger partial charge in [0.25, 0.3) is 0 Å². The van der Waals surface area contributed by atoms with Crippen molar-refractivity contribution in [1.29, 1.82) is 5.26 Å². The van der Waals surface area contributed by atoms with Crippen LogP contribution < -0.4 is 5.32 Å². The number of hydrogen-bond donors (Lipinski definition) is 1. The van der Waals surface area contributed by atoms with Crippen molar-refractivity contribution in [3.8, 4) is 6.07 Å². The summed E-state index contributed by atoms with van der Waals surface area (Å²) in [7, 11) is 0. The Kier molecular flexibility index (Phi) is 3.71. The molecule has 0 fully saturated rings. The van der Waals surface area contributed by atoms with Crippen LogP contribution in [0.5, 0.6) is 0 Å². The Morgan fingerprint density at radius 1 is 1.35 bits per heavy atom. The number of hydrogen-bond acceptors (Lipinski definition) is 4. The van der Waals surface area contributed by atoms with Crippen LogP contribution in [0.1, 0.15) is 12.0 Å². The second-order valence-corrected chi connectivity index (χ2v) is 3.56. The Balaban J connectivity index is 1.80. The van der Waals surface area contributed by atoms with E-state index in [9.17, 15) is 0 Å². The molecule has 0 bridgehead atoms. The van der Waals surface area contributed by atoms with Crippen LogP contribution in [0, 0.1) is 11.3 Å². The SMILES string of the molecule is N#Cc1cccnc1NCCCn1cccn1. The van der Waals surface area contributed by atoms with Crippen molar-refractivity contribution in [3.05, 3.63) is 42.4 Å². The van der Waals surface area contributed by atoms with E-state index in [1.54, 1.807) is 24.5 Å². The first-order chi connectivity index (χ1) is 8.40. The van der Waals surface area contributed by atoms with Crippen LogP contribution in [0.2, 0.25) is 0 Å². The predicted octanol–water partition coefficient (Wildman–Crippen LogP) is 1.65. The minimum absolute atomic E-state index is 0.576. The van der Waals surface area contributed by atoms with Gasteiger partial charge in [0, 0.05) is 31.7 Å². The summed E-state index contributed by atoms with van der Waals surface area (Å²) in [6.45, 7) is 1.63. The number of nitrogens with one attached hydrogen (secondary N) is 1. The Morgan fingerprint density at radius 3 is 3.06 bits per heavy atom. The Morgan fingerprint density at radius 2 is 2.29 bits per heavy atom. The van der Waals surface area contributed by atoms with Gasteiger partial charge in [-0.05, 0) is 24.6 Å². The van der Waals surface area contributed by atoms with Crippen LogP contribution in [-0.4, -0.2) is 21.3 Å². The van der Waals surface area contributed by atoms with E-state index < -0.39 is 0 Å². The first-order valence-electron chi connectivity index (χ1n) is 5.46. The fourth-order valence-electron chi connectivity index (χ4n) is 1.52. The van der Waals surface area contributed by atoms with Gasteiger partial charge in [-0.1, -0.05) is 0 Å². The van der Waals surface area contributed by atoms with E-state index in [0.717, 1.165) is 19.5 Å². The zero-order valence-corrected chi connectivity index (χ0v) is 9.37. The molecule has 0 radical (unpaired) electrons. The lowest BCUT2D eigenvalue weighted by atomic mass is 10.3. The van der Waals surface area contributed by atoms with E-state index in [1.807, 2.05) is 16.9 Å². The highest BCUT2D eigenvalue weighted by atomic mass is 15.3.